The molecule has 1 aromatic carbocycles. The summed E-state index contributed by atoms with van der Waals surface area (Å²) in [5, 5.41) is 3.79. The van der Waals surface area contributed by atoms with Crippen LogP contribution in [0.5, 0.6) is 0 Å². The average Bonchev–Trinajstić information content (AvgIpc) is 3.08. The molecule has 1 unspecified atom stereocenters. The van der Waals surface area contributed by atoms with Gasteiger partial charge in [-0.1, -0.05) is 26.0 Å². The second kappa shape index (κ2) is 6.06. The number of rotatable bonds is 2. The van der Waals surface area contributed by atoms with Gasteiger partial charge in [0.1, 0.15) is 12.2 Å². The van der Waals surface area contributed by atoms with Crippen molar-refractivity contribution in [3.05, 3.63) is 29.3 Å². The highest BCUT2D eigenvalue weighted by Crippen LogP contribution is 2.43. The predicted molar refractivity (Wildman–Crippen MR) is 91.8 cm³/mol. The molecule has 1 N–H and O–H groups in total. The molecule has 0 bridgehead atoms. The number of fused-ring (bicyclic) bond motifs is 3. The first-order valence-electron chi connectivity index (χ1n) is 8.45. The van der Waals surface area contributed by atoms with E-state index in [1.54, 1.807) is 0 Å². The van der Waals surface area contributed by atoms with Crippen molar-refractivity contribution in [3.63, 3.8) is 0 Å². The van der Waals surface area contributed by atoms with Gasteiger partial charge >= 0.3 is 0 Å². The van der Waals surface area contributed by atoms with Crippen molar-refractivity contribution in [1.29, 1.82) is 0 Å². The molecule has 3 aliphatic heterocycles. The molecule has 4 heteroatoms. The Kier molecular flexibility index (Phi) is 4.09. The van der Waals surface area contributed by atoms with Crippen LogP contribution in [0, 0.1) is 5.92 Å². The van der Waals surface area contributed by atoms with E-state index in [0.29, 0.717) is 24.5 Å². The molecule has 1 aromatic rings. The molecule has 2 saturated heterocycles. The van der Waals surface area contributed by atoms with Gasteiger partial charge in [0, 0.05) is 11.3 Å². The first-order valence-corrected chi connectivity index (χ1v) is 9.61. The van der Waals surface area contributed by atoms with E-state index < -0.39 is 0 Å². The zero-order valence-electron chi connectivity index (χ0n) is 13.4. The van der Waals surface area contributed by atoms with Gasteiger partial charge < -0.3 is 14.8 Å². The van der Waals surface area contributed by atoms with E-state index in [2.05, 4.69) is 49.1 Å². The maximum atomic E-state index is 6.17. The van der Waals surface area contributed by atoms with Crippen molar-refractivity contribution in [1.82, 2.24) is 0 Å². The summed E-state index contributed by atoms with van der Waals surface area (Å²) < 4.78 is 12.3. The van der Waals surface area contributed by atoms with Crippen LogP contribution < -0.4 is 5.32 Å². The van der Waals surface area contributed by atoms with E-state index in [1.807, 2.05) is 0 Å². The SMILES string of the molecule is CC(C)c1ccc2c(c1)[C@H]1OCCO[C@H]1[C@H](C1CCSC1)N2. The maximum absolute atomic E-state index is 6.17. The summed E-state index contributed by atoms with van der Waals surface area (Å²) in [5.74, 6) is 3.75. The van der Waals surface area contributed by atoms with Crippen LogP contribution in [0.4, 0.5) is 5.69 Å². The summed E-state index contributed by atoms with van der Waals surface area (Å²) in [4.78, 5) is 0. The van der Waals surface area contributed by atoms with Gasteiger partial charge in [0.05, 0.1) is 19.3 Å². The highest BCUT2D eigenvalue weighted by atomic mass is 32.2. The molecule has 4 rings (SSSR count). The van der Waals surface area contributed by atoms with Gasteiger partial charge in [0.25, 0.3) is 0 Å². The summed E-state index contributed by atoms with van der Waals surface area (Å²) in [5.41, 5.74) is 3.92. The molecular weight excluding hydrogens is 294 g/mol. The van der Waals surface area contributed by atoms with Crippen molar-refractivity contribution >= 4 is 17.4 Å². The molecule has 4 atom stereocenters. The third-order valence-corrected chi connectivity index (χ3v) is 6.38. The quantitative estimate of drug-likeness (QED) is 0.898. The van der Waals surface area contributed by atoms with Gasteiger partial charge in [-0.15, -0.1) is 0 Å². The van der Waals surface area contributed by atoms with E-state index in [-0.39, 0.29) is 12.2 Å². The molecule has 120 valence electrons. The number of anilines is 1. The molecule has 0 amide bonds. The Hall–Kier alpha value is -0.710. The van der Waals surface area contributed by atoms with E-state index in [0.717, 1.165) is 6.61 Å². The molecule has 3 heterocycles. The Balaban J connectivity index is 1.70. The van der Waals surface area contributed by atoms with Gasteiger partial charge in [0.2, 0.25) is 0 Å². The molecule has 3 nitrogen and oxygen atoms in total. The highest BCUT2D eigenvalue weighted by molar-refractivity contribution is 7.99. The first-order chi connectivity index (χ1) is 10.7. The van der Waals surface area contributed by atoms with Crippen LogP contribution in [-0.4, -0.2) is 36.9 Å². The standard InChI is InChI=1S/C18H25NO2S/c1-11(2)12-3-4-15-14(9-12)17-18(21-7-6-20-17)16(19-15)13-5-8-22-10-13/h3-4,9,11,13,16-19H,5-8,10H2,1-2H3/t13?,16-,17+,18-/m0/s1. The number of hydrogen-bond acceptors (Lipinski definition) is 4. The Labute approximate surface area is 137 Å². The number of benzene rings is 1. The zero-order chi connectivity index (χ0) is 15.1. The van der Waals surface area contributed by atoms with Gasteiger partial charge in [-0.25, -0.2) is 0 Å². The van der Waals surface area contributed by atoms with Gasteiger partial charge in [-0.3, -0.25) is 0 Å². The second-order valence-corrected chi connectivity index (χ2v) is 8.07. The van der Waals surface area contributed by atoms with E-state index in [4.69, 9.17) is 9.47 Å². The Morgan fingerprint density at radius 1 is 1.23 bits per heavy atom. The smallest absolute Gasteiger partial charge is 0.113 e. The second-order valence-electron chi connectivity index (χ2n) is 6.92. The highest BCUT2D eigenvalue weighted by Gasteiger charge is 2.44. The summed E-state index contributed by atoms with van der Waals surface area (Å²) in [6.45, 7) is 5.91. The largest absolute Gasteiger partial charge is 0.379 e. The van der Waals surface area contributed by atoms with Crippen molar-refractivity contribution in [2.75, 3.05) is 30.0 Å². The number of ether oxygens (including phenoxy) is 2. The normalized spacial score (nSPS) is 34.1. The molecule has 0 saturated carbocycles. The molecule has 0 aromatic heterocycles. The zero-order valence-corrected chi connectivity index (χ0v) is 14.2. The summed E-state index contributed by atoms with van der Waals surface area (Å²) >= 11 is 2.07. The number of nitrogens with one attached hydrogen (secondary N) is 1. The lowest BCUT2D eigenvalue weighted by Gasteiger charge is -2.45. The fourth-order valence-electron chi connectivity index (χ4n) is 3.89. The molecule has 0 aliphatic carbocycles. The Bertz CT molecular complexity index is 542. The molecule has 0 radical (unpaired) electrons. The van der Waals surface area contributed by atoms with E-state index >= 15 is 0 Å². The van der Waals surface area contributed by atoms with Gasteiger partial charge in [-0.2, -0.15) is 11.8 Å². The predicted octanol–water partition coefficient (Wildman–Crippen LogP) is 3.81. The average molecular weight is 319 g/mol. The summed E-state index contributed by atoms with van der Waals surface area (Å²) in [6.07, 6.45) is 1.54. The monoisotopic (exact) mass is 319 g/mol. The maximum Gasteiger partial charge on any atom is 0.113 e. The van der Waals surface area contributed by atoms with E-state index in [1.165, 1.54) is 34.7 Å². The third kappa shape index (κ3) is 2.55. The van der Waals surface area contributed by atoms with Crippen molar-refractivity contribution in [3.8, 4) is 0 Å². The van der Waals surface area contributed by atoms with Crippen LogP contribution in [-0.2, 0) is 9.47 Å². The minimum Gasteiger partial charge on any atom is -0.379 e. The van der Waals surface area contributed by atoms with Crippen LogP contribution in [0.3, 0.4) is 0 Å². The number of hydrogen-bond donors (Lipinski definition) is 1. The lowest BCUT2D eigenvalue weighted by molar-refractivity contribution is -0.154. The number of thioether (sulfide) groups is 1. The minimum atomic E-state index is 0.0966. The molecule has 22 heavy (non-hydrogen) atoms. The van der Waals surface area contributed by atoms with Crippen LogP contribution in [0.1, 0.15) is 43.4 Å². The first kappa shape index (κ1) is 14.9. The van der Waals surface area contributed by atoms with Crippen molar-refractivity contribution in [2.45, 2.75) is 44.4 Å². The fourth-order valence-corrected chi connectivity index (χ4v) is 5.20. The molecule has 0 spiro atoms. The lowest BCUT2D eigenvalue weighted by atomic mass is 9.83. The lowest BCUT2D eigenvalue weighted by Crippen LogP contribution is -2.51. The van der Waals surface area contributed by atoms with Crippen LogP contribution in [0.15, 0.2) is 18.2 Å². The Morgan fingerprint density at radius 3 is 2.86 bits per heavy atom. The van der Waals surface area contributed by atoms with Gasteiger partial charge in [-0.05, 0) is 41.4 Å². The fraction of sp³-hybridized carbons (Fsp3) is 0.667. The van der Waals surface area contributed by atoms with E-state index in [9.17, 15) is 0 Å². The molecule has 2 fully saturated rings. The topological polar surface area (TPSA) is 30.5 Å². The van der Waals surface area contributed by atoms with Crippen LogP contribution in [0.25, 0.3) is 0 Å². The van der Waals surface area contributed by atoms with Crippen molar-refractivity contribution in [2.24, 2.45) is 5.92 Å². The van der Waals surface area contributed by atoms with Gasteiger partial charge in [0.15, 0.2) is 0 Å². The van der Waals surface area contributed by atoms with Crippen LogP contribution >= 0.6 is 11.8 Å². The summed E-state index contributed by atoms with van der Waals surface area (Å²) in [7, 11) is 0. The minimum absolute atomic E-state index is 0.0966. The third-order valence-electron chi connectivity index (χ3n) is 5.19. The molecule has 3 aliphatic rings. The van der Waals surface area contributed by atoms with Crippen molar-refractivity contribution < 1.29 is 9.47 Å². The van der Waals surface area contributed by atoms with Crippen LogP contribution in [0.2, 0.25) is 0 Å². The molecular formula is C18H25NO2S. The Morgan fingerprint density at radius 2 is 2.09 bits per heavy atom. The summed E-state index contributed by atoms with van der Waals surface area (Å²) in [6, 6.07) is 7.20.